The van der Waals surface area contributed by atoms with Gasteiger partial charge in [-0.25, -0.2) is 14.8 Å². The third-order valence-electron chi connectivity index (χ3n) is 5.06. The van der Waals surface area contributed by atoms with Gasteiger partial charge in [-0.2, -0.15) is 5.10 Å². The van der Waals surface area contributed by atoms with Crippen molar-refractivity contribution in [2.24, 2.45) is 0 Å². The van der Waals surface area contributed by atoms with Gasteiger partial charge in [-0.15, -0.1) is 0 Å². The molecule has 8 nitrogen and oxygen atoms in total. The molecule has 3 aromatic rings. The van der Waals surface area contributed by atoms with Gasteiger partial charge in [0, 0.05) is 36.0 Å². The highest BCUT2D eigenvalue weighted by molar-refractivity contribution is 6.30. The first kappa shape index (κ1) is 18.5. The summed E-state index contributed by atoms with van der Waals surface area (Å²) in [5.41, 5.74) is 2.53. The van der Waals surface area contributed by atoms with E-state index in [0.29, 0.717) is 29.6 Å². The molecule has 1 saturated heterocycles. The number of hydrogen-bond donors (Lipinski definition) is 1. The van der Waals surface area contributed by atoms with E-state index in [1.165, 1.54) is 13.4 Å². The molecule has 0 saturated carbocycles. The maximum absolute atomic E-state index is 12.6. The summed E-state index contributed by atoms with van der Waals surface area (Å²) < 4.78 is 5.10. The average Bonchev–Trinajstić information content (AvgIpc) is 3.16. The topological polar surface area (TPSA) is 87.2 Å². The fourth-order valence-corrected chi connectivity index (χ4v) is 3.84. The molecule has 1 atom stereocenters. The Morgan fingerprint density at radius 3 is 2.96 bits per heavy atom. The molecule has 0 radical (unpaired) electrons. The molecule has 1 aliphatic rings. The van der Waals surface area contributed by atoms with Gasteiger partial charge in [0.05, 0.1) is 12.5 Å². The number of aromatic nitrogens is 4. The monoisotopic (exact) mass is 400 g/mol. The van der Waals surface area contributed by atoms with Crippen LogP contribution in [-0.2, 0) is 16.0 Å². The second-order valence-electron chi connectivity index (χ2n) is 6.61. The van der Waals surface area contributed by atoms with Crippen molar-refractivity contribution in [3.8, 4) is 0 Å². The Balaban J connectivity index is 1.72. The first-order chi connectivity index (χ1) is 13.6. The fraction of sp³-hybridized carbons (Fsp3) is 0.368. The first-order valence-corrected chi connectivity index (χ1v) is 9.53. The zero-order valence-corrected chi connectivity index (χ0v) is 16.5. The molecule has 3 heterocycles. The second kappa shape index (κ2) is 7.63. The molecule has 0 bridgehead atoms. The maximum Gasteiger partial charge on any atom is 0.330 e. The van der Waals surface area contributed by atoms with Crippen molar-refractivity contribution in [1.29, 1.82) is 0 Å². The Morgan fingerprint density at radius 1 is 1.36 bits per heavy atom. The number of benzene rings is 1. The van der Waals surface area contributed by atoms with Crippen LogP contribution < -0.4 is 9.80 Å². The molecule has 1 aromatic carbocycles. The van der Waals surface area contributed by atoms with Gasteiger partial charge in [0.1, 0.15) is 18.2 Å². The van der Waals surface area contributed by atoms with Crippen LogP contribution in [0.3, 0.4) is 0 Å². The zero-order valence-electron chi connectivity index (χ0n) is 15.7. The van der Waals surface area contributed by atoms with E-state index in [9.17, 15) is 4.79 Å². The predicted octanol–water partition coefficient (Wildman–Crippen LogP) is 2.44. The minimum absolute atomic E-state index is 0.306. The van der Waals surface area contributed by atoms with E-state index in [2.05, 4.69) is 25.1 Å². The van der Waals surface area contributed by atoms with Crippen LogP contribution in [0.5, 0.6) is 0 Å². The predicted molar refractivity (Wildman–Crippen MR) is 108 cm³/mol. The van der Waals surface area contributed by atoms with Crippen LogP contribution in [0.2, 0.25) is 5.02 Å². The van der Waals surface area contributed by atoms with E-state index in [0.717, 1.165) is 29.7 Å². The quantitative estimate of drug-likeness (QED) is 0.673. The van der Waals surface area contributed by atoms with Crippen molar-refractivity contribution >= 4 is 40.1 Å². The van der Waals surface area contributed by atoms with Crippen LogP contribution in [0, 0.1) is 0 Å². The molecule has 0 aliphatic carbocycles. The van der Waals surface area contributed by atoms with Gasteiger partial charge >= 0.3 is 5.97 Å². The Hall–Kier alpha value is -2.87. The molecule has 146 valence electrons. The SMILES string of the molecule is CCc1[nH]nc2ncnc(N3CCN(c4cccc(Cl)c4)C[C@H]3C(=O)OC)c12. The van der Waals surface area contributed by atoms with Gasteiger partial charge in [0.15, 0.2) is 5.65 Å². The van der Waals surface area contributed by atoms with E-state index in [-0.39, 0.29) is 5.97 Å². The number of methoxy groups -OCH3 is 1. The number of nitrogens with zero attached hydrogens (tertiary/aromatic N) is 5. The van der Waals surface area contributed by atoms with Crippen LogP contribution in [0.15, 0.2) is 30.6 Å². The number of halogens is 1. The van der Waals surface area contributed by atoms with Crippen LogP contribution in [0.1, 0.15) is 12.6 Å². The molecule has 0 amide bonds. The minimum Gasteiger partial charge on any atom is -0.467 e. The summed E-state index contributed by atoms with van der Waals surface area (Å²) in [7, 11) is 1.41. The molecule has 28 heavy (non-hydrogen) atoms. The Bertz CT molecular complexity index is 1010. The van der Waals surface area contributed by atoms with Crippen molar-refractivity contribution in [2.45, 2.75) is 19.4 Å². The molecular weight excluding hydrogens is 380 g/mol. The van der Waals surface area contributed by atoms with Crippen molar-refractivity contribution in [3.63, 3.8) is 0 Å². The number of hydrogen-bond acceptors (Lipinski definition) is 7. The molecule has 1 aliphatic heterocycles. The van der Waals surface area contributed by atoms with Gasteiger partial charge in [0.25, 0.3) is 0 Å². The fourth-order valence-electron chi connectivity index (χ4n) is 3.65. The van der Waals surface area contributed by atoms with Crippen LogP contribution in [0.4, 0.5) is 11.5 Å². The Morgan fingerprint density at radius 2 is 2.21 bits per heavy atom. The standard InChI is InChI=1S/C19H21ClN6O2/c1-3-14-16-17(24-23-14)21-11-22-18(16)26-8-7-25(10-15(26)19(27)28-2)13-6-4-5-12(20)9-13/h4-6,9,11,15H,3,7-8,10H2,1-2H3,(H,21,22,23,24)/t15-/m0/s1. The van der Waals surface area contributed by atoms with Crippen molar-refractivity contribution < 1.29 is 9.53 Å². The molecule has 1 fully saturated rings. The number of aryl methyl sites for hydroxylation is 1. The summed E-state index contributed by atoms with van der Waals surface area (Å²) in [5.74, 6) is 0.400. The molecule has 4 rings (SSSR count). The highest BCUT2D eigenvalue weighted by Gasteiger charge is 2.35. The minimum atomic E-state index is -0.504. The number of aromatic amines is 1. The lowest BCUT2D eigenvalue weighted by Gasteiger charge is -2.41. The van der Waals surface area contributed by atoms with Crippen molar-refractivity contribution in [3.05, 3.63) is 41.3 Å². The van der Waals surface area contributed by atoms with E-state index < -0.39 is 6.04 Å². The lowest BCUT2D eigenvalue weighted by Crippen LogP contribution is -2.57. The Kier molecular flexibility index (Phi) is 5.04. The summed E-state index contributed by atoms with van der Waals surface area (Å²) in [6, 6.07) is 7.13. The maximum atomic E-state index is 12.6. The van der Waals surface area contributed by atoms with Crippen molar-refractivity contribution in [1.82, 2.24) is 20.2 Å². The summed E-state index contributed by atoms with van der Waals surface area (Å²) in [5, 5.41) is 8.81. The molecule has 9 heteroatoms. The summed E-state index contributed by atoms with van der Waals surface area (Å²) >= 11 is 6.15. The number of esters is 1. The lowest BCUT2D eigenvalue weighted by molar-refractivity contribution is -0.142. The first-order valence-electron chi connectivity index (χ1n) is 9.15. The van der Waals surface area contributed by atoms with E-state index >= 15 is 0 Å². The number of anilines is 2. The van der Waals surface area contributed by atoms with Crippen LogP contribution >= 0.6 is 11.6 Å². The number of rotatable bonds is 4. The largest absolute Gasteiger partial charge is 0.467 e. The molecular formula is C19H21ClN6O2. The number of H-pyrrole nitrogens is 1. The molecule has 1 N–H and O–H groups in total. The molecule has 0 spiro atoms. The van der Waals surface area contributed by atoms with E-state index in [4.69, 9.17) is 16.3 Å². The number of carbonyl (C=O) groups is 1. The number of ether oxygens (including phenoxy) is 1. The summed E-state index contributed by atoms with van der Waals surface area (Å²) in [6.07, 6.45) is 2.25. The number of carbonyl (C=O) groups excluding carboxylic acids is 1. The van der Waals surface area contributed by atoms with Gasteiger partial charge < -0.3 is 14.5 Å². The lowest BCUT2D eigenvalue weighted by atomic mass is 10.1. The number of nitrogens with one attached hydrogen (secondary N) is 1. The average molecular weight is 401 g/mol. The highest BCUT2D eigenvalue weighted by Crippen LogP contribution is 2.30. The summed E-state index contributed by atoms with van der Waals surface area (Å²) in [4.78, 5) is 25.5. The van der Waals surface area contributed by atoms with Gasteiger partial charge in [-0.3, -0.25) is 5.10 Å². The van der Waals surface area contributed by atoms with E-state index in [1.54, 1.807) is 0 Å². The number of fused-ring (bicyclic) bond motifs is 1. The van der Waals surface area contributed by atoms with Gasteiger partial charge in [-0.05, 0) is 24.6 Å². The smallest absolute Gasteiger partial charge is 0.330 e. The van der Waals surface area contributed by atoms with Crippen LogP contribution in [-0.4, -0.2) is 58.9 Å². The van der Waals surface area contributed by atoms with E-state index in [1.807, 2.05) is 36.1 Å². The zero-order chi connectivity index (χ0) is 19.7. The van der Waals surface area contributed by atoms with Gasteiger partial charge in [0.2, 0.25) is 0 Å². The van der Waals surface area contributed by atoms with Gasteiger partial charge in [-0.1, -0.05) is 24.6 Å². The van der Waals surface area contributed by atoms with Crippen LogP contribution in [0.25, 0.3) is 11.0 Å². The highest BCUT2D eigenvalue weighted by atomic mass is 35.5. The Labute approximate surface area is 167 Å². The molecule has 0 unspecified atom stereocenters. The normalized spacial score (nSPS) is 17.2. The molecule has 2 aromatic heterocycles. The summed E-state index contributed by atoms with van der Waals surface area (Å²) in [6.45, 7) is 3.84. The third-order valence-corrected chi connectivity index (χ3v) is 5.29. The number of piperazine rings is 1. The second-order valence-corrected chi connectivity index (χ2v) is 7.05. The van der Waals surface area contributed by atoms with Crippen molar-refractivity contribution in [2.75, 3.05) is 36.5 Å². The third kappa shape index (κ3) is 3.24.